The molecule has 120 valence electrons. The Balaban J connectivity index is 1.61. The van der Waals surface area contributed by atoms with Gasteiger partial charge in [0, 0.05) is 0 Å². The van der Waals surface area contributed by atoms with E-state index in [1.165, 1.54) is 12.8 Å². The van der Waals surface area contributed by atoms with E-state index in [1.807, 2.05) is 55.5 Å². The van der Waals surface area contributed by atoms with Crippen LogP contribution in [0.25, 0.3) is 0 Å². The molecule has 1 amide bonds. The number of carbonyl (C=O) groups excluding carboxylic acids is 1. The average Bonchev–Trinajstić information content (AvgIpc) is 3.34. The van der Waals surface area contributed by atoms with Gasteiger partial charge in [-0.25, -0.2) is 0 Å². The molecule has 0 heterocycles. The Morgan fingerprint density at radius 1 is 1.17 bits per heavy atom. The lowest BCUT2D eigenvalue weighted by Gasteiger charge is -2.12. The molecule has 2 aromatic rings. The van der Waals surface area contributed by atoms with Gasteiger partial charge >= 0.3 is 0 Å². The van der Waals surface area contributed by atoms with E-state index in [0.29, 0.717) is 24.0 Å². The van der Waals surface area contributed by atoms with E-state index < -0.39 is 0 Å². The maximum Gasteiger partial charge on any atom is 0.250 e. The molecule has 1 N–H and O–H groups in total. The number of ether oxygens (including phenoxy) is 2. The van der Waals surface area contributed by atoms with E-state index in [1.54, 1.807) is 0 Å². The number of hydrogen-bond acceptors (Lipinski definition) is 3. The van der Waals surface area contributed by atoms with E-state index in [4.69, 9.17) is 9.47 Å². The fourth-order valence-electron chi connectivity index (χ4n) is 2.25. The summed E-state index contributed by atoms with van der Waals surface area (Å²) in [5, 5.41) is 2.85. The monoisotopic (exact) mass is 311 g/mol. The van der Waals surface area contributed by atoms with Crippen LogP contribution in [0.3, 0.4) is 0 Å². The minimum absolute atomic E-state index is 0.0787. The van der Waals surface area contributed by atoms with E-state index in [0.717, 1.165) is 11.3 Å². The molecule has 1 saturated carbocycles. The van der Waals surface area contributed by atoms with E-state index in [-0.39, 0.29) is 12.5 Å². The van der Waals surface area contributed by atoms with Crippen LogP contribution in [-0.4, -0.2) is 19.1 Å². The minimum atomic E-state index is -0.161. The summed E-state index contributed by atoms with van der Waals surface area (Å²) in [4.78, 5) is 12.0. The third-order valence-electron chi connectivity index (χ3n) is 3.66. The number of nitrogens with one attached hydrogen (secondary N) is 1. The van der Waals surface area contributed by atoms with Crippen LogP contribution < -0.4 is 10.1 Å². The number of para-hydroxylation sites is 2. The summed E-state index contributed by atoms with van der Waals surface area (Å²) in [6.07, 6.45) is 2.43. The number of amides is 1. The van der Waals surface area contributed by atoms with Crippen molar-refractivity contribution in [3.8, 4) is 11.5 Å². The van der Waals surface area contributed by atoms with Crippen molar-refractivity contribution in [2.24, 2.45) is 5.92 Å². The predicted octanol–water partition coefficient (Wildman–Crippen LogP) is 4.15. The molecule has 1 fully saturated rings. The Bertz CT molecular complexity index is 680. The lowest BCUT2D eigenvalue weighted by Crippen LogP contribution is -2.19. The molecule has 0 aromatic heterocycles. The molecule has 0 saturated heterocycles. The summed E-state index contributed by atoms with van der Waals surface area (Å²) >= 11 is 0. The number of benzene rings is 2. The highest BCUT2D eigenvalue weighted by Crippen LogP contribution is 2.30. The van der Waals surface area contributed by atoms with Crippen LogP contribution in [0.1, 0.15) is 18.4 Å². The fourth-order valence-corrected chi connectivity index (χ4v) is 2.25. The van der Waals surface area contributed by atoms with Gasteiger partial charge in [0.2, 0.25) is 5.91 Å². The summed E-state index contributed by atoms with van der Waals surface area (Å²) in [5.41, 5.74) is 1.77. The Kier molecular flexibility index (Phi) is 4.93. The van der Waals surface area contributed by atoms with Crippen molar-refractivity contribution < 1.29 is 14.3 Å². The molecule has 3 rings (SSSR count). The molecule has 23 heavy (non-hydrogen) atoms. The number of carbonyl (C=O) groups is 1. The fraction of sp³-hybridized carbons (Fsp3) is 0.316. The Hall–Kier alpha value is -2.33. The molecule has 0 radical (unpaired) electrons. The van der Waals surface area contributed by atoms with Crippen LogP contribution in [0.2, 0.25) is 0 Å². The van der Waals surface area contributed by atoms with Crippen LogP contribution in [-0.2, 0) is 9.53 Å². The van der Waals surface area contributed by atoms with Crippen LogP contribution in [0.15, 0.2) is 48.5 Å². The summed E-state index contributed by atoms with van der Waals surface area (Å²) in [5.74, 6) is 1.86. The molecule has 1 aliphatic carbocycles. The largest absolute Gasteiger partial charge is 0.455 e. The molecular formula is C19H21NO3. The van der Waals surface area contributed by atoms with Crippen molar-refractivity contribution in [1.29, 1.82) is 0 Å². The first kappa shape index (κ1) is 15.6. The highest BCUT2D eigenvalue weighted by Gasteiger charge is 2.21. The van der Waals surface area contributed by atoms with Crippen molar-refractivity contribution in [2.75, 3.05) is 18.5 Å². The van der Waals surface area contributed by atoms with Gasteiger partial charge in [-0.2, -0.15) is 0 Å². The van der Waals surface area contributed by atoms with Crippen molar-refractivity contribution in [3.05, 3.63) is 54.1 Å². The van der Waals surface area contributed by atoms with Gasteiger partial charge in [-0.3, -0.25) is 4.79 Å². The molecule has 4 nitrogen and oxygen atoms in total. The first-order valence-corrected chi connectivity index (χ1v) is 7.92. The van der Waals surface area contributed by atoms with Gasteiger partial charge in [0.05, 0.1) is 12.3 Å². The second-order valence-corrected chi connectivity index (χ2v) is 5.92. The molecule has 0 unspecified atom stereocenters. The van der Waals surface area contributed by atoms with Crippen molar-refractivity contribution in [3.63, 3.8) is 0 Å². The van der Waals surface area contributed by atoms with Gasteiger partial charge in [0.1, 0.15) is 12.4 Å². The number of anilines is 1. The standard InChI is InChI=1S/C19H21NO3/c1-14-5-4-6-16(11-14)23-18-8-3-2-7-17(18)20-19(21)13-22-12-15-9-10-15/h2-8,11,15H,9-10,12-13H2,1H3,(H,20,21). The molecule has 0 bridgehead atoms. The quantitative estimate of drug-likeness (QED) is 0.835. The molecule has 0 spiro atoms. The molecule has 0 atom stereocenters. The Morgan fingerprint density at radius 3 is 2.78 bits per heavy atom. The van der Waals surface area contributed by atoms with Gasteiger partial charge in [0.25, 0.3) is 0 Å². The van der Waals surface area contributed by atoms with Gasteiger partial charge in [-0.1, -0.05) is 24.3 Å². The average molecular weight is 311 g/mol. The van der Waals surface area contributed by atoms with Crippen molar-refractivity contribution in [1.82, 2.24) is 0 Å². The van der Waals surface area contributed by atoms with Crippen LogP contribution in [0.4, 0.5) is 5.69 Å². The summed E-state index contributed by atoms with van der Waals surface area (Å²) in [7, 11) is 0. The number of rotatable bonds is 7. The lowest BCUT2D eigenvalue weighted by atomic mass is 10.2. The number of hydrogen-bond donors (Lipinski definition) is 1. The Morgan fingerprint density at radius 2 is 2.00 bits per heavy atom. The highest BCUT2D eigenvalue weighted by molar-refractivity contribution is 5.93. The SMILES string of the molecule is Cc1cccc(Oc2ccccc2NC(=O)COCC2CC2)c1. The summed E-state index contributed by atoms with van der Waals surface area (Å²) < 4.78 is 11.3. The van der Waals surface area contributed by atoms with Crippen molar-refractivity contribution >= 4 is 11.6 Å². The predicted molar refractivity (Wildman–Crippen MR) is 89.9 cm³/mol. The second-order valence-electron chi connectivity index (χ2n) is 5.92. The zero-order valence-corrected chi connectivity index (χ0v) is 13.2. The van der Waals surface area contributed by atoms with Gasteiger partial charge < -0.3 is 14.8 Å². The third-order valence-corrected chi connectivity index (χ3v) is 3.66. The zero-order valence-electron chi connectivity index (χ0n) is 13.2. The van der Waals surface area contributed by atoms with E-state index in [9.17, 15) is 4.79 Å². The topological polar surface area (TPSA) is 47.6 Å². The third kappa shape index (κ3) is 4.83. The first-order chi connectivity index (χ1) is 11.2. The smallest absolute Gasteiger partial charge is 0.250 e. The van der Waals surface area contributed by atoms with Gasteiger partial charge in [-0.15, -0.1) is 0 Å². The van der Waals surface area contributed by atoms with Crippen LogP contribution >= 0.6 is 0 Å². The molecule has 1 aliphatic rings. The summed E-state index contributed by atoms with van der Waals surface area (Å²) in [6.45, 7) is 2.77. The maximum atomic E-state index is 12.0. The van der Waals surface area contributed by atoms with Crippen LogP contribution in [0.5, 0.6) is 11.5 Å². The summed E-state index contributed by atoms with van der Waals surface area (Å²) in [6, 6.07) is 15.2. The van der Waals surface area contributed by atoms with Crippen LogP contribution in [0, 0.1) is 12.8 Å². The molecule has 4 heteroatoms. The van der Waals surface area contributed by atoms with E-state index >= 15 is 0 Å². The molecular weight excluding hydrogens is 290 g/mol. The van der Waals surface area contributed by atoms with Crippen molar-refractivity contribution in [2.45, 2.75) is 19.8 Å². The molecule has 2 aromatic carbocycles. The molecule has 0 aliphatic heterocycles. The second kappa shape index (κ2) is 7.29. The van der Waals surface area contributed by atoms with Gasteiger partial charge in [0.15, 0.2) is 5.75 Å². The maximum absolute atomic E-state index is 12.0. The number of aryl methyl sites for hydroxylation is 1. The zero-order chi connectivity index (χ0) is 16.1. The van der Waals surface area contributed by atoms with Gasteiger partial charge in [-0.05, 0) is 55.5 Å². The van der Waals surface area contributed by atoms with E-state index in [2.05, 4.69) is 5.32 Å². The lowest BCUT2D eigenvalue weighted by molar-refractivity contribution is -0.120. The Labute approximate surface area is 136 Å². The highest BCUT2D eigenvalue weighted by atomic mass is 16.5. The minimum Gasteiger partial charge on any atom is -0.455 e. The first-order valence-electron chi connectivity index (χ1n) is 7.92. The normalized spacial score (nSPS) is 13.6.